The molecule has 0 amide bonds. The fraction of sp³-hybridized carbons (Fsp3) is 0.562. The molecule has 21 heavy (non-hydrogen) atoms. The summed E-state index contributed by atoms with van der Waals surface area (Å²) in [6.07, 6.45) is 11.8. The van der Waals surface area contributed by atoms with E-state index in [0.717, 1.165) is 43.0 Å². The Morgan fingerprint density at radius 2 is 2.19 bits per heavy atom. The first-order valence-electron chi connectivity index (χ1n) is 7.85. The monoisotopic (exact) mass is 283 g/mol. The van der Waals surface area contributed by atoms with Gasteiger partial charge in [0.1, 0.15) is 0 Å². The van der Waals surface area contributed by atoms with Crippen LogP contribution in [0.5, 0.6) is 0 Å². The second-order valence-corrected chi connectivity index (χ2v) is 6.32. The summed E-state index contributed by atoms with van der Waals surface area (Å²) in [5.74, 6) is 2.33. The number of hydrogen-bond acceptors (Lipinski definition) is 4. The van der Waals surface area contributed by atoms with Gasteiger partial charge < -0.3 is 9.88 Å². The van der Waals surface area contributed by atoms with Crippen molar-refractivity contribution in [3.8, 4) is 11.6 Å². The van der Waals surface area contributed by atoms with Crippen LogP contribution in [0.1, 0.15) is 30.5 Å². The summed E-state index contributed by atoms with van der Waals surface area (Å²) < 4.78 is 1.97. The van der Waals surface area contributed by atoms with E-state index in [4.69, 9.17) is 4.98 Å². The van der Waals surface area contributed by atoms with Crippen molar-refractivity contribution in [3.05, 3.63) is 29.8 Å². The number of hydrogen-bond donors (Lipinski definition) is 1. The molecular formula is C16H21N5. The minimum absolute atomic E-state index is 0.737. The Morgan fingerprint density at radius 1 is 1.29 bits per heavy atom. The van der Waals surface area contributed by atoms with Crippen LogP contribution in [0.25, 0.3) is 11.6 Å². The van der Waals surface area contributed by atoms with Gasteiger partial charge in [-0.3, -0.25) is 0 Å². The minimum atomic E-state index is 0.737. The van der Waals surface area contributed by atoms with Gasteiger partial charge in [0.25, 0.3) is 0 Å². The summed E-state index contributed by atoms with van der Waals surface area (Å²) >= 11 is 0. The molecule has 1 fully saturated rings. The molecule has 1 unspecified atom stereocenters. The Hall–Kier alpha value is -1.75. The van der Waals surface area contributed by atoms with Gasteiger partial charge in [-0.25, -0.2) is 15.0 Å². The molecule has 2 aliphatic carbocycles. The second kappa shape index (κ2) is 5.22. The van der Waals surface area contributed by atoms with Gasteiger partial charge in [0.05, 0.1) is 0 Å². The molecule has 5 heteroatoms. The summed E-state index contributed by atoms with van der Waals surface area (Å²) in [4.78, 5) is 13.6. The van der Waals surface area contributed by atoms with Crippen LogP contribution in [-0.2, 0) is 19.9 Å². The predicted molar refractivity (Wildman–Crippen MR) is 80.8 cm³/mol. The number of fused-ring (bicyclic) bond motifs is 1. The highest BCUT2D eigenvalue weighted by Crippen LogP contribution is 2.26. The van der Waals surface area contributed by atoms with Crippen LogP contribution >= 0.6 is 0 Å². The highest BCUT2D eigenvalue weighted by atomic mass is 15.1. The molecule has 0 aliphatic heterocycles. The Bertz CT molecular complexity index is 644. The third-order valence-electron chi connectivity index (χ3n) is 4.55. The van der Waals surface area contributed by atoms with Crippen LogP contribution in [0.4, 0.5) is 0 Å². The number of aromatic nitrogens is 4. The summed E-state index contributed by atoms with van der Waals surface area (Å²) in [6.45, 7) is 1.14. The first-order chi connectivity index (χ1) is 10.3. The zero-order valence-corrected chi connectivity index (χ0v) is 12.4. The molecule has 4 rings (SSSR count). The van der Waals surface area contributed by atoms with Crippen LogP contribution in [0.3, 0.4) is 0 Å². The number of imidazole rings is 1. The highest BCUT2D eigenvalue weighted by molar-refractivity contribution is 5.44. The normalized spacial score (nSPS) is 21.3. The van der Waals surface area contributed by atoms with E-state index < -0.39 is 0 Å². The van der Waals surface area contributed by atoms with Crippen LogP contribution in [-0.4, -0.2) is 32.1 Å². The van der Waals surface area contributed by atoms with Gasteiger partial charge in [-0.2, -0.15) is 0 Å². The molecule has 5 nitrogen and oxygen atoms in total. The van der Waals surface area contributed by atoms with Gasteiger partial charge >= 0.3 is 0 Å². The Labute approximate surface area is 124 Å². The first kappa shape index (κ1) is 13.0. The zero-order chi connectivity index (χ0) is 14.2. The van der Waals surface area contributed by atoms with E-state index in [1.54, 1.807) is 6.20 Å². The highest BCUT2D eigenvalue weighted by Gasteiger charge is 2.25. The Balaban J connectivity index is 1.50. The van der Waals surface area contributed by atoms with Crippen molar-refractivity contribution in [2.75, 3.05) is 6.54 Å². The topological polar surface area (TPSA) is 55.6 Å². The van der Waals surface area contributed by atoms with Crippen molar-refractivity contribution in [2.45, 2.75) is 38.1 Å². The molecule has 2 aromatic rings. The van der Waals surface area contributed by atoms with Crippen LogP contribution in [0.15, 0.2) is 18.6 Å². The molecule has 0 aromatic carbocycles. The summed E-state index contributed by atoms with van der Waals surface area (Å²) in [5.41, 5.74) is 2.53. The van der Waals surface area contributed by atoms with Crippen LogP contribution in [0.2, 0.25) is 0 Å². The molecule has 2 heterocycles. The van der Waals surface area contributed by atoms with Crippen molar-refractivity contribution in [1.29, 1.82) is 0 Å². The molecule has 0 spiro atoms. The smallest absolute Gasteiger partial charge is 0.196 e. The quantitative estimate of drug-likeness (QED) is 0.928. The molecule has 1 atom stereocenters. The van der Waals surface area contributed by atoms with E-state index in [1.165, 1.54) is 30.5 Å². The number of rotatable bonds is 4. The number of nitrogens with one attached hydrogen (secondary N) is 1. The standard InChI is InChI=1S/C16H21N5/c1-21-7-6-17-16(21)15-19-10-12-8-11(2-5-14(12)20-15)9-18-13-3-4-13/h6-7,10-11,13,18H,2-5,8-9H2,1H3. The van der Waals surface area contributed by atoms with Gasteiger partial charge in [0.15, 0.2) is 11.6 Å². The summed E-state index contributed by atoms with van der Waals surface area (Å²) in [7, 11) is 1.98. The van der Waals surface area contributed by atoms with Crippen molar-refractivity contribution >= 4 is 0 Å². The van der Waals surface area contributed by atoms with Crippen LogP contribution < -0.4 is 5.32 Å². The van der Waals surface area contributed by atoms with E-state index in [9.17, 15) is 0 Å². The minimum Gasteiger partial charge on any atom is -0.331 e. The maximum absolute atomic E-state index is 4.74. The average Bonchev–Trinajstić information content (AvgIpc) is 3.24. The summed E-state index contributed by atoms with van der Waals surface area (Å²) in [5, 5.41) is 3.64. The lowest BCUT2D eigenvalue weighted by Gasteiger charge is -2.24. The molecule has 2 aromatic heterocycles. The fourth-order valence-electron chi connectivity index (χ4n) is 3.07. The van der Waals surface area contributed by atoms with Gasteiger partial charge in [-0.15, -0.1) is 0 Å². The molecule has 1 N–H and O–H groups in total. The number of nitrogens with zero attached hydrogens (tertiary/aromatic N) is 4. The van der Waals surface area contributed by atoms with Crippen LogP contribution in [0, 0.1) is 5.92 Å². The third-order valence-corrected chi connectivity index (χ3v) is 4.55. The van der Waals surface area contributed by atoms with Crippen molar-refractivity contribution < 1.29 is 0 Å². The van der Waals surface area contributed by atoms with Crippen molar-refractivity contribution in [2.24, 2.45) is 13.0 Å². The lowest BCUT2D eigenvalue weighted by molar-refractivity contribution is 0.418. The fourth-order valence-corrected chi connectivity index (χ4v) is 3.07. The van der Waals surface area contributed by atoms with E-state index >= 15 is 0 Å². The largest absolute Gasteiger partial charge is 0.331 e. The Morgan fingerprint density at radius 3 is 2.95 bits per heavy atom. The first-order valence-corrected chi connectivity index (χ1v) is 7.85. The lowest BCUT2D eigenvalue weighted by Crippen LogP contribution is -2.29. The molecule has 1 saturated carbocycles. The van der Waals surface area contributed by atoms with Gasteiger partial charge in [0, 0.05) is 37.4 Å². The van der Waals surface area contributed by atoms with Crippen molar-refractivity contribution in [3.63, 3.8) is 0 Å². The van der Waals surface area contributed by atoms with Gasteiger partial charge in [-0.1, -0.05) is 0 Å². The molecule has 0 radical (unpaired) electrons. The molecule has 110 valence electrons. The van der Waals surface area contributed by atoms with Crippen molar-refractivity contribution in [1.82, 2.24) is 24.8 Å². The van der Waals surface area contributed by atoms with Gasteiger partial charge in [0.2, 0.25) is 0 Å². The van der Waals surface area contributed by atoms with E-state index in [1.807, 2.05) is 24.0 Å². The van der Waals surface area contributed by atoms with E-state index in [0.29, 0.717) is 0 Å². The number of aryl methyl sites for hydroxylation is 2. The third kappa shape index (κ3) is 2.70. The molecule has 2 aliphatic rings. The summed E-state index contributed by atoms with van der Waals surface area (Å²) in [6, 6.07) is 0.799. The molecular weight excluding hydrogens is 262 g/mol. The SMILES string of the molecule is Cn1ccnc1-c1ncc2c(n1)CCC(CNC1CC1)C2. The van der Waals surface area contributed by atoms with Gasteiger partial charge in [-0.05, 0) is 50.1 Å². The van der Waals surface area contributed by atoms with E-state index in [-0.39, 0.29) is 0 Å². The zero-order valence-electron chi connectivity index (χ0n) is 12.4. The van der Waals surface area contributed by atoms with E-state index in [2.05, 4.69) is 15.3 Å². The predicted octanol–water partition coefficient (Wildman–Crippen LogP) is 1.73. The second-order valence-electron chi connectivity index (χ2n) is 6.32. The average molecular weight is 283 g/mol. The molecule has 0 saturated heterocycles. The molecule has 0 bridgehead atoms. The maximum atomic E-state index is 4.74. The maximum Gasteiger partial charge on any atom is 0.196 e. The lowest BCUT2D eigenvalue weighted by atomic mass is 9.87. The Kier molecular flexibility index (Phi) is 3.22.